The van der Waals surface area contributed by atoms with Crippen molar-refractivity contribution in [1.82, 2.24) is 8.61 Å². The third kappa shape index (κ3) is 7.85. The number of sulfonamides is 3. The van der Waals surface area contributed by atoms with Gasteiger partial charge in [0.05, 0.1) is 20.4 Å². The molecule has 1 fully saturated rings. The number of anilines is 1. The zero-order chi connectivity index (χ0) is 36.1. The Morgan fingerprint density at radius 1 is 0.490 bits per heavy atom. The molecule has 4 aromatic carbocycles. The Kier molecular flexibility index (Phi) is 11.2. The van der Waals surface area contributed by atoms with E-state index in [1.54, 1.807) is 103 Å². The summed E-state index contributed by atoms with van der Waals surface area (Å²) in [5, 5.41) is 0. The van der Waals surface area contributed by atoms with Crippen LogP contribution in [0.15, 0.2) is 142 Å². The smallest absolute Gasteiger partial charge is 0.264 e. The first-order valence-electron chi connectivity index (χ1n) is 17.4. The van der Waals surface area contributed by atoms with Crippen LogP contribution >= 0.6 is 0 Å². The van der Waals surface area contributed by atoms with E-state index in [-0.39, 0.29) is 47.3 Å². The minimum Gasteiger partial charge on any atom is -0.265 e. The minimum absolute atomic E-state index is 0.0119. The Hall–Kier alpha value is -3.81. The number of hydrogen-bond donors (Lipinski definition) is 0. The van der Waals surface area contributed by atoms with Gasteiger partial charge in [0.15, 0.2) is 0 Å². The molecular weight excluding hydrogens is 703 g/mol. The molecule has 0 aliphatic carbocycles. The Bertz CT molecular complexity index is 2150. The third-order valence-corrected chi connectivity index (χ3v) is 15.3. The molecule has 0 radical (unpaired) electrons. The lowest BCUT2D eigenvalue weighted by Gasteiger charge is -2.37. The summed E-state index contributed by atoms with van der Waals surface area (Å²) < 4.78 is 89.9. The molecule has 4 aromatic rings. The Balaban J connectivity index is 1.47. The van der Waals surface area contributed by atoms with Gasteiger partial charge in [0.2, 0.25) is 20.0 Å². The summed E-state index contributed by atoms with van der Waals surface area (Å²) in [6, 6.07) is 32.1. The Labute approximate surface area is 303 Å². The highest BCUT2D eigenvalue weighted by molar-refractivity contribution is 7.93. The van der Waals surface area contributed by atoms with Crippen molar-refractivity contribution in [3.05, 3.63) is 133 Å². The Morgan fingerprint density at radius 2 is 0.922 bits per heavy atom. The Morgan fingerprint density at radius 3 is 1.47 bits per heavy atom. The van der Waals surface area contributed by atoms with E-state index in [1.807, 2.05) is 12.1 Å². The lowest BCUT2D eigenvalue weighted by atomic mass is 9.77. The van der Waals surface area contributed by atoms with Crippen LogP contribution in [-0.2, 0) is 35.5 Å². The molecule has 0 saturated carbocycles. The van der Waals surface area contributed by atoms with E-state index in [9.17, 15) is 25.3 Å². The number of rotatable bonds is 6. The monoisotopic (exact) mass is 747 g/mol. The molecule has 2 aliphatic heterocycles. The van der Waals surface area contributed by atoms with Gasteiger partial charge in [-0.25, -0.2) is 25.3 Å². The topological polar surface area (TPSA) is 112 Å². The minimum atomic E-state index is -4.06. The summed E-state index contributed by atoms with van der Waals surface area (Å²) in [4.78, 5) is 0.482. The van der Waals surface area contributed by atoms with Gasteiger partial charge in [-0.05, 0) is 67.3 Å². The van der Waals surface area contributed by atoms with Crippen LogP contribution in [0.3, 0.4) is 0 Å². The van der Waals surface area contributed by atoms with Gasteiger partial charge in [-0.2, -0.15) is 8.61 Å². The van der Waals surface area contributed by atoms with Crippen molar-refractivity contribution >= 4 is 35.8 Å². The standard InChI is InChI=1S/C39H45N3O6S3/c1-33-29-39(32-42(38-26-16-15-25-37(38)39)51(47,48)36-23-13-8-14-24-36)31-41(50(45,46)35-21-11-7-12-22-35)28-18-5-3-2-4-17-27-40(30-33)49(43,44)34-19-9-6-10-20-34/h6-16,19-26H,1-5,17-18,27-32H2. The SMILES string of the molecule is C=C1CN(S(=O)(=O)c2ccccc2)CCCCCCCCN(S(=O)(=O)c2ccccc2)CC2(C1)CN(S(=O)(=O)c1ccccc1)c1ccccc12. The maximum atomic E-state index is 14.4. The summed E-state index contributed by atoms with van der Waals surface area (Å²) in [7, 11) is -11.9. The fraction of sp³-hybridized carbons (Fsp3) is 0.333. The van der Waals surface area contributed by atoms with Crippen LogP contribution in [0.25, 0.3) is 0 Å². The molecule has 0 N–H and O–H groups in total. The average Bonchev–Trinajstić information content (AvgIpc) is 3.46. The summed E-state index contributed by atoms with van der Waals surface area (Å²) in [5.41, 5.74) is 0.633. The molecule has 9 nitrogen and oxygen atoms in total. The lowest BCUT2D eigenvalue weighted by molar-refractivity contribution is 0.302. The average molecular weight is 748 g/mol. The first-order valence-corrected chi connectivity index (χ1v) is 21.7. The number of benzene rings is 4. The second kappa shape index (κ2) is 15.4. The molecule has 12 heteroatoms. The summed E-state index contributed by atoms with van der Waals surface area (Å²) in [6.07, 6.45) is 4.88. The van der Waals surface area contributed by atoms with Crippen molar-refractivity contribution in [3.63, 3.8) is 0 Å². The molecule has 1 atom stereocenters. The highest BCUT2D eigenvalue weighted by Crippen LogP contribution is 2.48. The molecule has 0 aromatic heterocycles. The van der Waals surface area contributed by atoms with Crippen molar-refractivity contribution in [2.45, 2.75) is 65.0 Å². The molecule has 1 unspecified atom stereocenters. The summed E-state index contributed by atoms with van der Waals surface area (Å²) >= 11 is 0. The first-order chi connectivity index (χ1) is 24.4. The maximum Gasteiger partial charge on any atom is 0.264 e. The summed E-state index contributed by atoms with van der Waals surface area (Å²) in [5.74, 6) is 0. The van der Waals surface area contributed by atoms with E-state index >= 15 is 0 Å². The van der Waals surface area contributed by atoms with Crippen LogP contribution in [0, 0.1) is 0 Å². The van der Waals surface area contributed by atoms with E-state index in [1.165, 1.54) is 12.9 Å². The van der Waals surface area contributed by atoms with Crippen LogP contribution in [0.4, 0.5) is 5.69 Å². The van der Waals surface area contributed by atoms with Gasteiger partial charge >= 0.3 is 0 Å². The van der Waals surface area contributed by atoms with Gasteiger partial charge in [0.25, 0.3) is 10.0 Å². The van der Waals surface area contributed by atoms with Crippen molar-refractivity contribution < 1.29 is 25.3 Å². The van der Waals surface area contributed by atoms with Crippen molar-refractivity contribution in [2.24, 2.45) is 0 Å². The highest BCUT2D eigenvalue weighted by atomic mass is 32.2. The fourth-order valence-corrected chi connectivity index (χ4v) is 12.0. The van der Waals surface area contributed by atoms with Gasteiger partial charge < -0.3 is 0 Å². The predicted molar refractivity (Wildman–Crippen MR) is 201 cm³/mol. The fourth-order valence-electron chi connectivity index (χ4n) is 7.32. The van der Waals surface area contributed by atoms with Crippen LogP contribution in [0.5, 0.6) is 0 Å². The normalized spacial score (nSPS) is 20.8. The van der Waals surface area contributed by atoms with Crippen LogP contribution in [0.1, 0.15) is 50.5 Å². The molecular formula is C39H45N3O6S3. The maximum absolute atomic E-state index is 14.4. The van der Waals surface area contributed by atoms with E-state index in [4.69, 9.17) is 0 Å². The largest absolute Gasteiger partial charge is 0.265 e. The quantitative estimate of drug-likeness (QED) is 0.200. The van der Waals surface area contributed by atoms with Gasteiger partial charge in [-0.1, -0.05) is 111 Å². The molecule has 270 valence electrons. The van der Waals surface area contributed by atoms with Gasteiger partial charge in [-0.15, -0.1) is 0 Å². The van der Waals surface area contributed by atoms with Crippen molar-refractivity contribution in [1.29, 1.82) is 0 Å². The number of nitrogens with zero attached hydrogens (tertiary/aromatic N) is 3. The van der Waals surface area contributed by atoms with Gasteiger partial charge in [0.1, 0.15) is 0 Å². The van der Waals surface area contributed by atoms with Crippen LogP contribution < -0.4 is 4.31 Å². The lowest BCUT2D eigenvalue weighted by Crippen LogP contribution is -2.48. The van der Waals surface area contributed by atoms with E-state index < -0.39 is 35.5 Å². The number of hydrogen-bond acceptors (Lipinski definition) is 6. The first kappa shape index (κ1) is 37.0. The molecule has 0 amide bonds. The van der Waals surface area contributed by atoms with Crippen LogP contribution in [0.2, 0.25) is 0 Å². The third-order valence-electron chi connectivity index (χ3n) is 9.82. The van der Waals surface area contributed by atoms with E-state index in [2.05, 4.69) is 6.58 Å². The zero-order valence-corrected chi connectivity index (χ0v) is 31.1. The molecule has 1 spiro atoms. The zero-order valence-electron chi connectivity index (χ0n) is 28.7. The molecule has 6 rings (SSSR count). The second-order valence-electron chi connectivity index (χ2n) is 13.5. The summed E-state index contributed by atoms with van der Waals surface area (Å²) in [6.45, 7) is 4.91. The van der Waals surface area contributed by atoms with Gasteiger partial charge in [-0.3, -0.25) is 4.31 Å². The van der Waals surface area contributed by atoms with Crippen LogP contribution in [-0.4, -0.2) is 66.6 Å². The molecule has 0 bridgehead atoms. The second-order valence-corrected chi connectivity index (χ2v) is 19.2. The molecule has 1 saturated heterocycles. The van der Waals surface area contributed by atoms with Gasteiger partial charge in [0, 0.05) is 38.1 Å². The number of fused-ring (bicyclic) bond motifs is 2. The van der Waals surface area contributed by atoms with Crippen molar-refractivity contribution in [2.75, 3.05) is 37.0 Å². The molecule has 2 heterocycles. The number of para-hydroxylation sites is 1. The van der Waals surface area contributed by atoms with E-state index in [0.29, 0.717) is 36.2 Å². The predicted octanol–water partition coefficient (Wildman–Crippen LogP) is 6.82. The molecule has 51 heavy (non-hydrogen) atoms. The molecule has 2 aliphatic rings. The van der Waals surface area contributed by atoms with Crippen molar-refractivity contribution in [3.8, 4) is 0 Å². The van der Waals surface area contributed by atoms with E-state index in [0.717, 1.165) is 25.7 Å². The highest BCUT2D eigenvalue weighted by Gasteiger charge is 2.49.